The Labute approximate surface area is 150 Å². The maximum Gasteiger partial charge on any atom is 0.243 e. The number of carbonyl (C=O) groups is 2. The van der Waals surface area contributed by atoms with Crippen molar-refractivity contribution in [3.8, 4) is 11.3 Å². The van der Waals surface area contributed by atoms with Gasteiger partial charge in [-0.3, -0.25) is 14.8 Å². The van der Waals surface area contributed by atoms with Crippen molar-refractivity contribution in [2.24, 2.45) is 0 Å². The summed E-state index contributed by atoms with van der Waals surface area (Å²) >= 11 is 1.37. The van der Waals surface area contributed by atoms with E-state index in [0.717, 1.165) is 30.5 Å². The number of hydrogen-bond donors (Lipinski definition) is 4. The standard InChI is InChI=1S/C17H22N4O3S/c18-13-8-6-5-7-12(13)14-11-25-17(19-14)20-15(22)9-3-1-2-4-10-16(23)21-24/h5-8,11,24H,1-4,9-10,18H2,(H,21,23)(H,19,20,22). The molecule has 7 nitrogen and oxygen atoms in total. The fraction of sp³-hybridized carbons (Fsp3) is 0.353. The summed E-state index contributed by atoms with van der Waals surface area (Å²) < 4.78 is 0. The number of hydroxylamine groups is 1. The van der Waals surface area contributed by atoms with Gasteiger partial charge in [-0.25, -0.2) is 10.5 Å². The van der Waals surface area contributed by atoms with Gasteiger partial charge in [0.2, 0.25) is 11.8 Å². The van der Waals surface area contributed by atoms with Crippen molar-refractivity contribution in [2.45, 2.75) is 38.5 Å². The first-order valence-electron chi connectivity index (χ1n) is 8.13. The van der Waals surface area contributed by atoms with Crippen molar-refractivity contribution in [1.29, 1.82) is 0 Å². The number of aromatic nitrogens is 1. The van der Waals surface area contributed by atoms with Crippen LogP contribution in [-0.2, 0) is 9.59 Å². The number of anilines is 2. The first kappa shape index (κ1) is 18.9. The largest absolute Gasteiger partial charge is 0.398 e. The topological polar surface area (TPSA) is 117 Å². The van der Waals surface area contributed by atoms with Crippen LogP contribution in [0.2, 0.25) is 0 Å². The Morgan fingerprint density at radius 2 is 1.76 bits per heavy atom. The van der Waals surface area contributed by atoms with Crippen LogP contribution in [0.15, 0.2) is 29.6 Å². The lowest BCUT2D eigenvalue weighted by atomic mass is 10.1. The van der Waals surface area contributed by atoms with Crippen molar-refractivity contribution >= 4 is 34.0 Å². The molecule has 5 N–H and O–H groups in total. The normalized spacial score (nSPS) is 10.4. The summed E-state index contributed by atoms with van der Waals surface area (Å²) in [7, 11) is 0. The Balaban J connectivity index is 1.71. The van der Waals surface area contributed by atoms with Gasteiger partial charge in [-0.15, -0.1) is 11.3 Å². The van der Waals surface area contributed by atoms with Gasteiger partial charge in [0.25, 0.3) is 0 Å². The van der Waals surface area contributed by atoms with Crippen molar-refractivity contribution in [2.75, 3.05) is 11.1 Å². The maximum absolute atomic E-state index is 11.9. The van der Waals surface area contributed by atoms with E-state index < -0.39 is 0 Å². The highest BCUT2D eigenvalue weighted by atomic mass is 32.1. The van der Waals surface area contributed by atoms with Crippen molar-refractivity contribution in [3.05, 3.63) is 29.6 Å². The predicted octanol–water partition coefficient (Wildman–Crippen LogP) is 3.18. The molecule has 0 aliphatic rings. The number of nitrogens with zero attached hydrogens (tertiary/aromatic N) is 1. The minimum absolute atomic E-state index is 0.0740. The molecule has 1 heterocycles. The Kier molecular flexibility index (Phi) is 7.36. The lowest BCUT2D eigenvalue weighted by molar-refractivity contribution is -0.129. The van der Waals surface area contributed by atoms with Gasteiger partial charge in [0.1, 0.15) is 0 Å². The molecule has 0 aliphatic carbocycles. The van der Waals surface area contributed by atoms with E-state index in [1.165, 1.54) is 11.3 Å². The average Bonchev–Trinajstić information content (AvgIpc) is 3.06. The number of nitrogens with one attached hydrogen (secondary N) is 2. The first-order chi connectivity index (χ1) is 12.1. The zero-order valence-electron chi connectivity index (χ0n) is 13.8. The minimum atomic E-state index is -0.378. The number of thiazole rings is 1. The number of rotatable bonds is 9. The zero-order chi connectivity index (χ0) is 18.1. The van der Waals surface area contributed by atoms with E-state index >= 15 is 0 Å². The molecule has 0 spiro atoms. The Bertz CT molecular complexity index is 717. The van der Waals surface area contributed by atoms with Crippen LogP contribution < -0.4 is 16.5 Å². The highest BCUT2D eigenvalue weighted by Crippen LogP contribution is 2.28. The molecule has 2 rings (SSSR count). The fourth-order valence-corrected chi connectivity index (χ4v) is 3.07. The summed E-state index contributed by atoms with van der Waals surface area (Å²) in [5.41, 5.74) is 9.79. The zero-order valence-corrected chi connectivity index (χ0v) is 14.6. The number of amides is 2. The van der Waals surface area contributed by atoms with E-state index in [1.807, 2.05) is 29.6 Å². The average molecular weight is 362 g/mol. The van der Waals surface area contributed by atoms with E-state index in [2.05, 4.69) is 10.3 Å². The van der Waals surface area contributed by atoms with Crippen LogP contribution in [0.25, 0.3) is 11.3 Å². The second-order valence-electron chi connectivity index (χ2n) is 5.62. The van der Waals surface area contributed by atoms with Gasteiger partial charge in [0.05, 0.1) is 5.69 Å². The van der Waals surface area contributed by atoms with E-state index in [-0.39, 0.29) is 11.8 Å². The summed E-state index contributed by atoms with van der Waals surface area (Å²) in [6.45, 7) is 0. The van der Waals surface area contributed by atoms with Crippen molar-refractivity contribution < 1.29 is 14.8 Å². The maximum atomic E-state index is 11.9. The van der Waals surface area contributed by atoms with Gasteiger partial charge in [-0.2, -0.15) is 0 Å². The van der Waals surface area contributed by atoms with Gasteiger partial charge in [-0.1, -0.05) is 31.0 Å². The predicted molar refractivity (Wildman–Crippen MR) is 98.2 cm³/mol. The van der Waals surface area contributed by atoms with Gasteiger partial charge in [-0.05, 0) is 18.9 Å². The smallest absolute Gasteiger partial charge is 0.243 e. The number of para-hydroxylation sites is 1. The monoisotopic (exact) mass is 362 g/mol. The molecule has 2 amide bonds. The van der Waals surface area contributed by atoms with E-state index in [1.54, 1.807) is 5.48 Å². The lowest BCUT2D eigenvalue weighted by Crippen LogP contribution is -2.17. The molecule has 0 saturated heterocycles. The quantitative estimate of drug-likeness (QED) is 0.236. The Hall–Kier alpha value is -2.45. The third-order valence-corrected chi connectivity index (χ3v) is 4.43. The van der Waals surface area contributed by atoms with Crippen LogP contribution in [0.3, 0.4) is 0 Å². The third kappa shape index (κ3) is 6.17. The molecule has 2 aromatic rings. The molecule has 0 saturated carbocycles. The molecule has 0 radical (unpaired) electrons. The van der Waals surface area contributed by atoms with Crippen molar-refractivity contribution in [1.82, 2.24) is 10.5 Å². The number of nitrogens with two attached hydrogens (primary N) is 1. The molecule has 134 valence electrons. The molecule has 1 aromatic carbocycles. The molecule has 0 fully saturated rings. The number of benzene rings is 1. The summed E-state index contributed by atoms with van der Waals surface area (Å²) in [6.07, 6.45) is 3.85. The van der Waals surface area contributed by atoms with E-state index in [9.17, 15) is 9.59 Å². The fourth-order valence-electron chi connectivity index (χ4n) is 2.35. The number of nitrogen functional groups attached to an aromatic ring is 1. The highest BCUT2D eigenvalue weighted by Gasteiger charge is 2.09. The Morgan fingerprint density at radius 3 is 2.44 bits per heavy atom. The molecule has 0 bridgehead atoms. The molecule has 8 heteroatoms. The first-order valence-corrected chi connectivity index (χ1v) is 9.01. The number of hydrogen-bond acceptors (Lipinski definition) is 6. The molecule has 0 aliphatic heterocycles. The summed E-state index contributed by atoms with van der Waals surface area (Å²) in [5, 5.41) is 13.6. The number of carbonyl (C=O) groups excluding carboxylic acids is 2. The highest BCUT2D eigenvalue weighted by molar-refractivity contribution is 7.14. The second-order valence-corrected chi connectivity index (χ2v) is 6.48. The number of unbranched alkanes of at least 4 members (excludes halogenated alkanes) is 3. The van der Waals surface area contributed by atoms with Crippen LogP contribution in [0, 0.1) is 0 Å². The Morgan fingerprint density at radius 1 is 1.08 bits per heavy atom. The summed E-state index contributed by atoms with van der Waals surface area (Å²) in [6, 6.07) is 7.47. The molecule has 25 heavy (non-hydrogen) atoms. The molecule has 0 atom stereocenters. The van der Waals surface area contributed by atoms with Crippen molar-refractivity contribution in [3.63, 3.8) is 0 Å². The van der Waals surface area contributed by atoms with Crippen LogP contribution in [-0.4, -0.2) is 22.0 Å². The molecule has 0 unspecified atom stereocenters. The third-order valence-electron chi connectivity index (χ3n) is 3.67. The minimum Gasteiger partial charge on any atom is -0.398 e. The lowest BCUT2D eigenvalue weighted by Gasteiger charge is -2.03. The van der Waals surface area contributed by atoms with Crippen LogP contribution in [0.5, 0.6) is 0 Å². The van der Waals surface area contributed by atoms with Crippen LogP contribution >= 0.6 is 11.3 Å². The summed E-state index contributed by atoms with van der Waals surface area (Å²) in [4.78, 5) is 27.2. The van der Waals surface area contributed by atoms with Crippen LogP contribution in [0.1, 0.15) is 38.5 Å². The molecular formula is C17H22N4O3S. The molecular weight excluding hydrogens is 340 g/mol. The van der Waals surface area contributed by atoms with Gasteiger partial charge < -0.3 is 11.1 Å². The SMILES string of the molecule is Nc1ccccc1-c1csc(NC(=O)CCCCCCC(=O)NO)n1. The van der Waals surface area contributed by atoms with E-state index in [0.29, 0.717) is 30.1 Å². The van der Waals surface area contributed by atoms with Gasteiger partial charge >= 0.3 is 0 Å². The van der Waals surface area contributed by atoms with E-state index in [4.69, 9.17) is 10.9 Å². The van der Waals surface area contributed by atoms with Crippen LogP contribution in [0.4, 0.5) is 10.8 Å². The second kappa shape index (κ2) is 9.75. The summed E-state index contributed by atoms with van der Waals surface area (Å²) in [5.74, 6) is -0.452. The van der Waals surface area contributed by atoms with Gasteiger partial charge in [0, 0.05) is 29.5 Å². The van der Waals surface area contributed by atoms with Gasteiger partial charge in [0.15, 0.2) is 5.13 Å². The molecule has 1 aromatic heterocycles.